The number of aliphatic hydroxyl groups is 1. The Hall–Kier alpha value is -1.04. The molecule has 1 heterocycles. The van der Waals surface area contributed by atoms with Crippen LogP contribution in [0, 0.1) is 6.92 Å². The highest BCUT2D eigenvalue weighted by atomic mass is 19.4. The van der Waals surface area contributed by atoms with E-state index in [4.69, 9.17) is 0 Å². The van der Waals surface area contributed by atoms with Gasteiger partial charge in [0.25, 0.3) is 0 Å². The Morgan fingerprint density at radius 1 is 1.50 bits per heavy atom. The zero-order chi connectivity index (χ0) is 12.3. The number of rotatable bonds is 4. The summed E-state index contributed by atoms with van der Waals surface area (Å²) in [7, 11) is 0. The van der Waals surface area contributed by atoms with Gasteiger partial charge in [-0.1, -0.05) is 0 Å². The fourth-order valence-electron chi connectivity index (χ4n) is 1.54. The lowest BCUT2D eigenvalue weighted by atomic mass is 10.1. The third-order valence-corrected chi connectivity index (χ3v) is 2.28. The van der Waals surface area contributed by atoms with Gasteiger partial charge in [-0.3, -0.25) is 4.68 Å². The molecule has 0 aromatic carbocycles. The Morgan fingerprint density at radius 3 is 2.62 bits per heavy atom. The van der Waals surface area contributed by atoms with Crippen molar-refractivity contribution in [3.63, 3.8) is 0 Å². The first-order valence-electron chi connectivity index (χ1n) is 5.12. The van der Waals surface area contributed by atoms with Crippen molar-refractivity contribution in [1.29, 1.82) is 0 Å². The summed E-state index contributed by atoms with van der Waals surface area (Å²) in [5.74, 6) is 0. The number of halogens is 3. The highest BCUT2D eigenvalue weighted by Gasteiger charge is 2.29. The highest BCUT2D eigenvalue weighted by Crippen LogP contribution is 2.27. The molecular formula is C10H15F3N2O. The Balaban J connectivity index is 2.68. The van der Waals surface area contributed by atoms with Gasteiger partial charge in [0.2, 0.25) is 0 Å². The number of nitrogens with zero attached hydrogens (tertiary/aromatic N) is 2. The van der Waals surface area contributed by atoms with Crippen molar-refractivity contribution in [2.75, 3.05) is 0 Å². The molecule has 0 spiro atoms. The summed E-state index contributed by atoms with van der Waals surface area (Å²) in [6, 6.07) is 1.62. The van der Waals surface area contributed by atoms with Gasteiger partial charge in [-0.2, -0.15) is 18.3 Å². The lowest BCUT2D eigenvalue weighted by Gasteiger charge is -2.13. The first-order valence-corrected chi connectivity index (χ1v) is 5.12. The van der Waals surface area contributed by atoms with Crippen molar-refractivity contribution in [2.45, 2.75) is 45.5 Å². The molecule has 0 amide bonds. The second kappa shape index (κ2) is 4.86. The van der Waals surface area contributed by atoms with E-state index in [1.165, 1.54) is 4.68 Å². The van der Waals surface area contributed by atoms with Gasteiger partial charge >= 0.3 is 6.18 Å². The van der Waals surface area contributed by atoms with Gasteiger partial charge in [0.05, 0.1) is 17.5 Å². The van der Waals surface area contributed by atoms with Crippen LogP contribution in [-0.2, 0) is 6.54 Å². The lowest BCUT2D eigenvalue weighted by molar-refractivity contribution is -0.140. The molecule has 1 N–H and O–H groups in total. The molecule has 16 heavy (non-hydrogen) atoms. The minimum Gasteiger partial charge on any atom is -0.387 e. The fourth-order valence-corrected chi connectivity index (χ4v) is 1.54. The van der Waals surface area contributed by atoms with Crippen molar-refractivity contribution in [2.24, 2.45) is 0 Å². The summed E-state index contributed by atoms with van der Waals surface area (Å²) in [5.41, 5.74) is 1.15. The molecule has 92 valence electrons. The normalized spacial score (nSPS) is 14.1. The van der Waals surface area contributed by atoms with E-state index in [1.54, 1.807) is 13.0 Å². The van der Waals surface area contributed by atoms with Gasteiger partial charge in [0.1, 0.15) is 0 Å². The third kappa shape index (κ3) is 3.52. The van der Waals surface area contributed by atoms with Crippen molar-refractivity contribution in [1.82, 2.24) is 9.78 Å². The van der Waals surface area contributed by atoms with E-state index in [-0.39, 0.29) is 6.42 Å². The predicted molar refractivity (Wildman–Crippen MR) is 52.9 cm³/mol. The largest absolute Gasteiger partial charge is 0.389 e. The first kappa shape index (κ1) is 13.0. The van der Waals surface area contributed by atoms with Gasteiger partial charge in [-0.05, 0) is 26.3 Å². The average Bonchev–Trinajstić information content (AvgIpc) is 2.55. The number of hydrogen-bond acceptors (Lipinski definition) is 2. The quantitative estimate of drug-likeness (QED) is 0.872. The number of aryl methyl sites for hydroxylation is 2. The maximum atomic E-state index is 12.0. The standard InChI is InChI=1S/C10H15F3N2O/c1-3-15-8(6-7(2)14-15)9(16)4-5-10(11,12)13/h6,9,16H,3-5H2,1-2H3. The molecule has 0 saturated carbocycles. The van der Waals surface area contributed by atoms with Crippen molar-refractivity contribution in [3.05, 3.63) is 17.5 Å². The van der Waals surface area contributed by atoms with E-state index < -0.39 is 18.7 Å². The van der Waals surface area contributed by atoms with Crippen LogP contribution < -0.4 is 0 Å². The predicted octanol–water partition coefficient (Wildman–Crippen LogP) is 2.59. The number of hydrogen-bond donors (Lipinski definition) is 1. The summed E-state index contributed by atoms with van der Waals surface area (Å²) in [6.45, 7) is 4.10. The molecule has 0 bridgehead atoms. The smallest absolute Gasteiger partial charge is 0.387 e. The van der Waals surface area contributed by atoms with Crippen LogP contribution in [0.2, 0.25) is 0 Å². The van der Waals surface area contributed by atoms with Crippen molar-refractivity contribution >= 4 is 0 Å². The molecule has 0 radical (unpaired) electrons. The Morgan fingerprint density at radius 2 is 2.12 bits per heavy atom. The average molecular weight is 236 g/mol. The zero-order valence-electron chi connectivity index (χ0n) is 9.25. The van der Waals surface area contributed by atoms with E-state index in [0.717, 1.165) is 0 Å². The SMILES string of the molecule is CCn1nc(C)cc1C(O)CCC(F)(F)F. The van der Waals surface area contributed by atoms with Crippen LogP contribution in [0.4, 0.5) is 13.2 Å². The minimum absolute atomic E-state index is 0.325. The van der Waals surface area contributed by atoms with Crippen LogP contribution >= 0.6 is 0 Å². The zero-order valence-corrected chi connectivity index (χ0v) is 9.25. The van der Waals surface area contributed by atoms with Crippen LogP contribution in [-0.4, -0.2) is 21.1 Å². The van der Waals surface area contributed by atoms with E-state index in [2.05, 4.69) is 5.10 Å². The maximum absolute atomic E-state index is 12.0. The maximum Gasteiger partial charge on any atom is 0.389 e. The van der Waals surface area contributed by atoms with Gasteiger partial charge in [0.15, 0.2) is 0 Å². The first-order chi connectivity index (χ1) is 7.33. The molecule has 1 atom stereocenters. The minimum atomic E-state index is -4.23. The van der Waals surface area contributed by atoms with Crippen LogP contribution in [0.15, 0.2) is 6.07 Å². The van der Waals surface area contributed by atoms with Crippen LogP contribution in [0.3, 0.4) is 0 Å². The van der Waals surface area contributed by atoms with Crippen LogP contribution in [0.5, 0.6) is 0 Å². The summed E-state index contributed by atoms with van der Waals surface area (Å²) >= 11 is 0. The molecule has 0 aliphatic heterocycles. The summed E-state index contributed by atoms with van der Waals surface area (Å²) in [6.07, 6.45) is -6.65. The van der Waals surface area contributed by atoms with Gasteiger partial charge in [-0.15, -0.1) is 0 Å². The van der Waals surface area contributed by atoms with Gasteiger partial charge < -0.3 is 5.11 Å². The molecule has 0 fully saturated rings. The van der Waals surface area contributed by atoms with E-state index in [1.807, 2.05) is 6.92 Å². The third-order valence-electron chi connectivity index (χ3n) is 2.28. The Bertz CT molecular complexity index is 346. The molecule has 6 heteroatoms. The molecule has 1 rings (SSSR count). The number of alkyl halides is 3. The molecule has 0 saturated heterocycles. The summed E-state index contributed by atoms with van der Waals surface area (Å²) < 4.78 is 37.5. The Labute approximate surface area is 91.9 Å². The van der Waals surface area contributed by atoms with E-state index in [9.17, 15) is 18.3 Å². The summed E-state index contributed by atoms with van der Waals surface area (Å²) in [4.78, 5) is 0. The summed E-state index contributed by atoms with van der Waals surface area (Å²) in [5, 5.41) is 13.7. The molecular weight excluding hydrogens is 221 g/mol. The second-order valence-electron chi connectivity index (χ2n) is 3.70. The topological polar surface area (TPSA) is 38.0 Å². The van der Waals surface area contributed by atoms with Gasteiger partial charge in [0, 0.05) is 13.0 Å². The second-order valence-corrected chi connectivity index (χ2v) is 3.70. The number of aliphatic hydroxyl groups excluding tert-OH is 1. The highest BCUT2D eigenvalue weighted by molar-refractivity contribution is 5.11. The fraction of sp³-hybridized carbons (Fsp3) is 0.700. The lowest BCUT2D eigenvalue weighted by Crippen LogP contribution is -2.13. The van der Waals surface area contributed by atoms with E-state index >= 15 is 0 Å². The monoisotopic (exact) mass is 236 g/mol. The molecule has 0 aliphatic carbocycles. The van der Waals surface area contributed by atoms with Crippen molar-refractivity contribution in [3.8, 4) is 0 Å². The van der Waals surface area contributed by atoms with E-state index in [0.29, 0.717) is 17.9 Å². The molecule has 1 aromatic rings. The molecule has 1 aromatic heterocycles. The van der Waals surface area contributed by atoms with Gasteiger partial charge in [-0.25, -0.2) is 0 Å². The molecule has 3 nitrogen and oxygen atoms in total. The van der Waals surface area contributed by atoms with Crippen LogP contribution in [0.25, 0.3) is 0 Å². The Kier molecular flexibility index (Phi) is 3.96. The number of aromatic nitrogens is 2. The molecule has 0 aliphatic rings. The molecule has 1 unspecified atom stereocenters. The van der Waals surface area contributed by atoms with Crippen LogP contribution in [0.1, 0.15) is 37.3 Å². The van der Waals surface area contributed by atoms with Crippen molar-refractivity contribution < 1.29 is 18.3 Å².